The van der Waals surface area contributed by atoms with Crippen LogP contribution in [0.15, 0.2) is 139 Å². The van der Waals surface area contributed by atoms with E-state index in [0.717, 1.165) is 30.9 Å². The van der Waals surface area contributed by atoms with Gasteiger partial charge >= 0.3 is 0 Å². The number of anilines is 3. The second kappa shape index (κ2) is 10.9. The summed E-state index contributed by atoms with van der Waals surface area (Å²) in [5.41, 5.74) is 9.20. The highest BCUT2D eigenvalue weighted by Gasteiger charge is 2.46. The van der Waals surface area contributed by atoms with Gasteiger partial charge < -0.3 is 15.1 Å². The first-order valence-electron chi connectivity index (χ1n) is 16.9. The molecule has 0 saturated heterocycles. The Hall–Kier alpha value is -5.79. The van der Waals surface area contributed by atoms with E-state index in [1.54, 1.807) is 0 Å². The van der Waals surface area contributed by atoms with E-state index in [1.165, 1.54) is 60.5 Å². The van der Waals surface area contributed by atoms with Gasteiger partial charge in [-0.15, -0.1) is 0 Å². The van der Waals surface area contributed by atoms with E-state index < -0.39 is 0 Å². The zero-order valence-corrected chi connectivity index (χ0v) is 27.2. The predicted octanol–water partition coefficient (Wildman–Crippen LogP) is 9.32. The smallest absolute Gasteiger partial charge is 0.110 e. The Morgan fingerprint density at radius 2 is 1.58 bits per heavy atom. The van der Waals surface area contributed by atoms with Gasteiger partial charge in [0.25, 0.3) is 0 Å². The number of nitrogens with one attached hydrogen (secondary N) is 1. The van der Waals surface area contributed by atoms with E-state index in [4.69, 9.17) is 0 Å². The van der Waals surface area contributed by atoms with Gasteiger partial charge in [0.1, 0.15) is 5.82 Å². The Labute approximate surface area is 281 Å². The molecule has 0 radical (unpaired) electrons. The van der Waals surface area contributed by atoms with Crippen molar-refractivity contribution >= 4 is 44.3 Å². The topological polar surface area (TPSA) is 42.3 Å². The minimum atomic E-state index is -0.233. The van der Waals surface area contributed by atoms with Crippen molar-refractivity contribution in [2.75, 3.05) is 16.3 Å². The number of para-hydroxylation sites is 1. The molecule has 6 aromatic carbocycles. The fourth-order valence-electron chi connectivity index (χ4n) is 8.51. The summed E-state index contributed by atoms with van der Waals surface area (Å²) in [6.07, 6.45) is 8.43. The highest BCUT2D eigenvalue weighted by molar-refractivity contribution is 6.17. The summed E-state index contributed by atoms with van der Waals surface area (Å²) in [5.74, 6) is 1.10. The van der Waals surface area contributed by atoms with Gasteiger partial charge in [-0.1, -0.05) is 105 Å². The lowest BCUT2D eigenvalue weighted by atomic mass is 9.77. The van der Waals surface area contributed by atoms with Crippen LogP contribution in [0.1, 0.15) is 48.6 Å². The van der Waals surface area contributed by atoms with E-state index in [-0.39, 0.29) is 11.5 Å². The van der Waals surface area contributed by atoms with Crippen molar-refractivity contribution in [2.24, 2.45) is 0 Å². The SMILES string of the molecule is CC1(C)c2cc(C#N)ccc2N(c2ccc3ccc4c5c(ccc2c35)CCC=4N(C2=CC=CCN2)c2ccccc2)C1c1ccccc1. The van der Waals surface area contributed by atoms with E-state index in [2.05, 4.69) is 162 Å². The summed E-state index contributed by atoms with van der Waals surface area (Å²) in [4.78, 5) is 4.97. The Balaban J connectivity index is 1.32. The second-order valence-electron chi connectivity index (χ2n) is 13.7. The molecule has 0 spiro atoms. The van der Waals surface area contributed by atoms with Gasteiger partial charge in [0.05, 0.1) is 17.7 Å². The normalized spacial score (nSPS) is 17.6. The molecule has 48 heavy (non-hydrogen) atoms. The standard InChI is InChI=1S/C44H36N4/c1-44(2)36-27-29(28-45)16-23-39(36)48(43(44)32-11-5-3-6-12-32)38-25-20-31-17-21-34-37(24-19-30-18-22-35(38)42(31)41(30)34)47(33-13-7-4-8-14-33)40-15-9-10-26-46-40/h3-18,20-23,25,27,43,46H,19,24,26H2,1-2H3. The molecular formula is C44H36N4. The lowest BCUT2D eigenvalue weighted by molar-refractivity contribution is 0.449. The summed E-state index contributed by atoms with van der Waals surface area (Å²) in [6.45, 7) is 5.46. The van der Waals surface area contributed by atoms with Crippen LogP contribution in [0.3, 0.4) is 0 Å². The van der Waals surface area contributed by atoms with Crippen LogP contribution in [0.25, 0.3) is 27.2 Å². The number of nitrogens with zero attached hydrogens (tertiary/aromatic N) is 3. The fraction of sp³-hybridized carbons (Fsp3) is 0.159. The predicted molar refractivity (Wildman–Crippen MR) is 198 cm³/mol. The van der Waals surface area contributed by atoms with E-state index in [0.29, 0.717) is 5.56 Å². The lowest BCUT2D eigenvalue weighted by Crippen LogP contribution is -2.36. The van der Waals surface area contributed by atoms with Crippen LogP contribution < -0.4 is 20.3 Å². The van der Waals surface area contributed by atoms with Crippen molar-refractivity contribution in [3.63, 3.8) is 0 Å². The fourth-order valence-corrected chi connectivity index (χ4v) is 8.51. The van der Waals surface area contributed by atoms with Crippen molar-refractivity contribution in [3.8, 4) is 6.07 Å². The molecule has 2 heterocycles. The molecule has 0 aromatic heterocycles. The van der Waals surface area contributed by atoms with Crippen molar-refractivity contribution in [1.29, 1.82) is 5.26 Å². The number of allylic oxidation sites excluding steroid dienone is 2. The molecule has 0 saturated carbocycles. The molecule has 0 amide bonds. The average molecular weight is 621 g/mol. The Bertz CT molecular complexity index is 2400. The third-order valence-corrected chi connectivity index (χ3v) is 10.6. The van der Waals surface area contributed by atoms with Crippen LogP contribution in [0.4, 0.5) is 17.1 Å². The third-order valence-electron chi connectivity index (χ3n) is 10.6. The number of nitriles is 1. The molecule has 4 nitrogen and oxygen atoms in total. The summed E-state index contributed by atoms with van der Waals surface area (Å²) in [6, 6.07) is 44.3. The van der Waals surface area contributed by atoms with Crippen molar-refractivity contribution in [2.45, 2.75) is 38.1 Å². The molecule has 4 heteroatoms. The molecule has 1 N–H and O–H groups in total. The average Bonchev–Trinajstić information content (AvgIpc) is 3.37. The molecule has 232 valence electrons. The molecule has 0 fully saturated rings. The van der Waals surface area contributed by atoms with Gasteiger partial charge in [-0.05, 0) is 88.2 Å². The Morgan fingerprint density at radius 1 is 0.812 bits per heavy atom. The van der Waals surface area contributed by atoms with E-state index in [1.807, 2.05) is 6.07 Å². The number of hydrogen-bond acceptors (Lipinski definition) is 4. The maximum Gasteiger partial charge on any atom is 0.110 e. The van der Waals surface area contributed by atoms with Gasteiger partial charge in [0.2, 0.25) is 0 Å². The summed E-state index contributed by atoms with van der Waals surface area (Å²) in [5, 5.41) is 20.0. The number of rotatable bonds is 5. The van der Waals surface area contributed by atoms with Crippen LogP contribution in [-0.4, -0.2) is 6.54 Å². The van der Waals surface area contributed by atoms with Gasteiger partial charge in [-0.3, -0.25) is 0 Å². The van der Waals surface area contributed by atoms with Gasteiger partial charge in [0.15, 0.2) is 0 Å². The van der Waals surface area contributed by atoms with Crippen LogP contribution in [0.5, 0.6) is 0 Å². The van der Waals surface area contributed by atoms with Crippen LogP contribution >= 0.6 is 0 Å². The Morgan fingerprint density at radius 3 is 2.35 bits per heavy atom. The lowest BCUT2D eigenvalue weighted by Gasteiger charge is -2.36. The zero-order valence-electron chi connectivity index (χ0n) is 27.2. The first-order chi connectivity index (χ1) is 23.5. The molecule has 0 bridgehead atoms. The summed E-state index contributed by atoms with van der Waals surface area (Å²) in [7, 11) is 0. The van der Waals surface area contributed by atoms with Gasteiger partial charge in [0, 0.05) is 45.3 Å². The number of fused-ring (bicyclic) bond motifs is 1. The highest BCUT2D eigenvalue weighted by atomic mass is 15.3. The Kier molecular flexibility index (Phi) is 6.45. The molecule has 6 aromatic rings. The van der Waals surface area contributed by atoms with Gasteiger partial charge in [-0.25, -0.2) is 0 Å². The largest absolute Gasteiger partial charge is 0.368 e. The molecule has 1 atom stereocenters. The first-order valence-corrected chi connectivity index (χ1v) is 16.9. The molecule has 2 aliphatic heterocycles. The monoisotopic (exact) mass is 620 g/mol. The van der Waals surface area contributed by atoms with Gasteiger partial charge in [-0.2, -0.15) is 5.26 Å². The summed E-state index contributed by atoms with van der Waals surface area (Å²) >= 11 is 0. The van der Waals surface area contributed by atoms with Crippen molar-refractivity contribution in [3.05, 3.63) is 167 Å². The summed E-state index contributed by atoms with van der Waals surface area (Å²) < 4.78 is 0. The number of aryl methyl sites for hydroxylation is 1. The van der Waals surface area contributed by atoms with Crippen LogP contribution in [0, 0.1) is 11.3 Å². The molecule has 3 aliphatic rings. The van der Waals surface area contributed by atoms with E-state index >= 15 is 0 Å². The highest BCUT2D eigenvalue weighted by Crippen LogP contribution is 2.57. The first kappa shape index (κ1) is 28.4. The molecule has 1 aliphatic carbocycles. The zero-order chi connectivity index (χ0) is 32.4. The number of dihydropyridines is 1. The van der Waals surface area contributed by atoms with Crippen molar-refractivity contribution < 1.29 is 0 Å². The maximum atomic E-state index is 9.85. The molecule has 1 unspecified atom stereocenters. The van der Waals surface area contributed by atoms with Crippen molar-refractivity contribution in [1.82, 2.24) is 5.32 Å². The molecular weight excluding hydrogens is 585 g/mol. The maximum absolute atomic E-state index is 9.85. The minimum absolute atomic E-state index is 0.0581. The quantitative estimate of drug-likeness (QED) is 0.209. The number of hydrogen-bond donors (Lipinski definition) is 1. The second-order valence-corrected chi connectivity index (χ2v) is 13.7. The number of benzene rings is 6. The van der Waals surface area contributed by atoms with Crippen LogP contribution in [-0.2, 0) is 11.8 Å². The van der Waals surface area contributed by atoms with Crippen LogP contribution in [0.2, 0.25) is 0 Å². The molecule has 9 rings (SSSR count). The minimum Gasteiger partial charge on any atom is -0.368 e. The third kappa shape index (κ3) is 4.21. The van der Waals surface area contributed by atoms with E-state index in [9.17, 15) is 5.26 Å².